The maximum atomic E-state index is 13.1. The van der Waals surface area contributed by atoms with Gasteiger partial charge in [0.25, 0.3) is 5.91 Å². The number of aryl methyl sites for hydroxylation is 4. The SMILES string of the molecule is CCc1cc(=O)c(C(=O)Nc2c(C)cccc2C)c(C)n1CCc1ccccc1. The molecule has 0 fully saturated rings. The second-order valence-electron chi connectivity index (χ2n) is 7.42. The van der Waals surface area contributed by atoms with E-state index >= 15 is 0 Å². The zero-order valence-electron chi connectivity index (χ0n) is 17.6. The van der Waals surface area contributed by atoms with Crippen molar-refractivity contribution in [3.05, 3.63) is 98.5 Å². The summed E-state index contributed by atoms with van der Waals surface area (Å²) in [4.78, 5) is 25.8. The summed E-state index contributed by atoms with van der Waals surface area (Å²) in [6.45, 7) is 8.53. The van der Waals surface area contributed by atoms with Gasteiger partial charge in [0.1, 0.15) is 5.56 Å². The van der Waals surface area contributed by atoms with Crippen LogP contribution >= 0.6 is 0 Å². The Hall–Kier alpha value is -3.14. The Labute approximate surface area is 172 Å². The van der Waals surface area contributed by atoms with Crippen molar-refractivity contribution in [3.8, 4) is 0 Å². The van der Waals surface area contributed by atoms with E-state index in [0.717, 1.165) is 41.9 Å². The first-order valence-electron chi connectivity index (χ1n) is 10.1. The molecule has 1 heterocycles. The number of carbonyl (C=O) groups is 1. The molecule has 0 unspecified atom stereocenters. The molecule has 4 heteroatoms. The number of rotatable bonds is 6. The molecule has 0 bridgehead atoms. The number of hydrogen-bond acceptors (Lipinski definition) is 2. The monoisotopic (exact) mass is 388 g/mol. The first-order chi connectivity index (χ1) is 13.9. The maximum absolute atomic E-state index is 13.1. The van der Waals surface area contributed by atoms with Crippen LogP contribution in [0.25, 0.3) is 0 Å². The molecule has 29 heavy (non-hydrogen) atoms. The Kier molecular flexibility index (Phi) is 6.32. The van der Waals surface area contributed by atoms with Gasteiger partial charge in [0, 0.05) is 29.7 Å². The van der Waals surface area contributed by atoms with Gasteiger partial charge in [0.15, 0.2) is 5.43 Å². The summed E-state index contributed by atoms with van der Waals surface area (Å²) in [5, 5.41) is 2.96. The van der Waals surface area contributed by atoms with Crippen molar-refractivity contribution in [2.24, 2.45) is 0 Å². The van der Waals surface area contributed by atoms with Gasteiger partial charge in [-0.05, 0) is 50.3 Å². The third-order valence-electron chi connectivity index (χ3n) is 5.43. The van der Waals surface area contributed by atoms with Crippen LogP contribution in [-0.4, -0.2) is 10.5 Å². The lowest BCUT2D eigenvalue weighted by molar-refractivity contribution is 0.102. The largest absolute Gasteiger partial charge is 0.347 e. The van der Waals surface area contributed by atoms with Crippen LogP contribution in [0, 0.1) is 20.8 Å². The lowest BCUT2D eigenvalue weighted by Gasteiger charge is -2.19. The summed E-state index contributed by atoms with van der Waals surface area (Å²) >= 11 is 0. The minimum atomic E-state index is -0.346. The molecule has 0 spiro atoms. The van der Waals surface area contributed by atoms with Gasteiger partial charge in [-0.2, -0.15) is 0 Å². The van der Waals surface area contributed by atoms with Crippen LogP contribution in [0.5, 0.6) is 0 Å². The number of aromatic nitrogens is 1. The van der Waals surface area contributed by atoms with Crippen molar-refractivity contribution in [1.82, 2.24) is 4.57 Å². The molecule has 0 saturated carbocycles. The first-order valence-corrected chi connectivity index (χ1v) is 10.1. The quantitative estimate of drug-likeness (QED) is 0.657. The molecular weight excluding hydrogens is 360 g/mol. The second-order valence-corrected chi connectivity index (χ2v) is 7.42. The Morgan fingerprint density at radius 2 is 1.62 bits per heavy atom. The van der Waals surface area contributed by atoms with E-state index in [9.17, 15) is 9.59 Å². The summed E-state index contributed by atoms with van der Waals surface area (Å²) in [6.07, 6.45) is 1.58. The first kappa shape index (κ1) is 20.6. The summed E-state index contributed by atoms with van der Waals surface area (Å²) in [7, 11) is 0. The molecule has 150 valence electrons. The maximum Gasteiger partial charge on any atom is 0.261 e. The normalized spacial score (nSPS) is 10.8. The highest BCUT2D eigenvalue weighted by Gasteiger charge is 2.19. The third-order valence-corrected chi connectivity index (χ3v) is 5.43. The summed E-state index contributed by atoms with van der Waals surface area (Å²) in [5.41, 5.74) is 5.62. The standard InChI is InChI=1S/C25H28N2O2/c1-5-21-16-22(28)23(25(29)26-24-17(2)10-9-11-18(24)3)19(4)27(21)15-14-20-12-7-6-8-13-20/h6-13,16H,5,14-15H2,1-4H3,(H,26,29). The van der Waals surface area contributed by atoms with Crippen molar-refractivity contribution in [2.75, 3.05) is 5.32 Å². The molecule has 3 aromatic rings. The molecule has 0 atom stereocenters. The molecule has 0 saturated heterocycles. The third kappa shape index (κ3) is 4.48. The van der Waals surface area contributed by atoms with E-state index < -0.39 is 0 Å². The van der Waals surface area contributed by atoms with Crippen LogP contribution in [0.4, 0.5) is 5.69 Å². The van der Waals surface area contributed by atoms with E-state index in [1.165, 1.54) is 5.56 Å². The average Bonchev–Trinajstić information content (AvgIpc) is 2.70. The van der Waals surface area contributed by atoms with Crippen molar-refractivity contribution in [2.45, 2.75) is 47.1 Å². The Bertz CT molecular complexity index is 1060. The lowest BCUT2D eigenvalue weighted by Crippen LogP contribution is -2.28. The van der Waals surface area contributed by atoms with Crippen molar-refractivity contribution in [1.29, 1.82) is 0 Å². The predicted octanol–water partition coefficient (Wildman–Crippen LogP) is 4.83. The molecule has 0 radical (unpaired) electrons. The summed E-state index contributed by atoms with van der Waals surface area (Å²) < 4.78 is 2.11. The Morgan fingerprint density at radius 3 is 2.24 bits per heavy atom. The fourth-order valence-corrected chi connectivity index (χ4v) is 3.78. The van der Waals surface area contributed by atoms with E-state index in [2.05, 4.69) is 22.0 Å². The van der Waals surface area contributed by atoms with Crippen molar-refractivity contribution < 1.29 is 4.79 Å². The van der Waals surface area contributed by atoms with Gasteiger partial charge in [-0.3, -0.25) is 9.59 Å². The van der Waals surface area contributed by atoms with Gasteiger partial charge in [-0.25, -0.2) is 0 Å². The number of hydrogen-bond donors (Lipinski definition) is 1. The summed E-state index contributed by atoms with van der Waals surface area (Å²) in [5.74, 6) is -0.346. The molecule has 0 aliphatic carbocycles. The molecule has 1 aromatic heterocycles. The Balaban J connectivity index is 1.96. The number of para-hydroxylation sites is 1. The fraction of sp³-hybridized carbons (Fsp3) is 0.280. The van der Waals surface area contributed by atoms with Crippen LogP contribution in [0.1, 0.15) is 45.4 Å². The van der Waals surface area contributed by atoms with Crippen LogP contribution in [0.3, 0.4) is 0 Å². The van der Waals surface area contributed by atoms with E-state index in [0.29, 0.717) is 5.69 Å². The fourth-order valence-electron chi connectivity index (χ4n) is 3.78. The number of anilines is 1. The second kappa shape index (κ2) is 8.91. The molecule has 0 aliphatic heterocycles. The number of nitrogens with one attached hydrogen (secondary N) is 1. The van der Waals surface area contributed by atoms with Crippen LogP contribution in [0.2, 0.25) is 0 Å². The molecule has 3 rings (SSSR count). The molecule has 4 nitrogen and oxygen atoms in total. The number of amides is 1. The Morgan fingerprint density at radius 1 is 0.966 bits per heavy atom. The van der Waals surface area contributed by atoms with Crippen molar-refractivity contribution in [3.63, 3.8) is 0 Å². The molecule has 0 aliphatic rings. The van der Waals surface area contributed by atoms with E-state index in [1.54, 1.807) is 6.07 Å². The average molecular weight is 389 g/mol. The zero-order chi connectivity index (χ0) is 21.0. The molecule has 1 amide bonds. The van der Waals surface area contributed by atoms with E-state index in [4.69, 9.17) is 0 Å². The van der Waals surface area contributed by atoms with Gasteiger partial charge in [-0.1, -0.05) is 55.5 Å². The van der Waals surface area contributed by atoms with Crippen LogP contribution in [-0.2, 0) is 19.4 Å². The van der Waals surface area contributed by atoms with Gasteiger partial charge in [0.05, 0.1) is 0 Å². The topological polar surface area (TPSA) is 51.1 Å². The highest BCUT2D eigenvalue weighted by Crippen LogP contribution is 2.21. The minimum absolute atomic E-state index is 0.220. The van der Waals surface area contributed by atoms with E-state index in [1.807, 2.05) is 64.1 Å². The number of nitrogens with zero attached hydrogens (tertiary/aromatic N) is 1. The van der Waals surface area contributed by atoms with Crippen LogP contribution in [0.15, 0.2) is 59.4 Å². The highest BCUT2D eigenvalue weighted by atomic mass is 16.2. The van der Waals surface area contributed by atoms with Crippen LogP contribution < -0.4 is 10.7 Å². The molecular formula is C25H28N2O2. The van der Waals surface area contributed by atoms with Gasteiger partial charge in [0.2, 0.25) is 0 Å². The van der Waals surface area contributed by atoms with Gasteiger partial charge >= 0.3 is 0 Å². The smallest absolute Gasteiger partial charge is 0.261 e. The van der Waals surface area contributed by atoms with E-state index in [-0.39, 0.29) is 16.9 Å². The summed E-state index contributed by atoms with van der Waals surface area (Å²) in [6, 6.07) is 17.7. The zero-order valence-corrected chi connectivity index (χ0v) is 17.6. The highest BCUT2D eigenvalue weighted by molar-refractivity contribution is 6.05. The predicted molar refractivity (Wildman–Crippen MR) is 119 cm³/mol. The molecule has 1 N–H and O–H groups in total. The van der Waals surface area contributed by atoms with Gasteiger partial charge < -0.3 is 9.88 Å². The minimum Gasteiger partial charge on any atom is -0.347 e. The number of pyridine rings is 1. The number of benzene rings is 2. The molecule has 2 aromatic carbocycles. The lowest BCUT2D eigenvalue weighted by atomic mass is 10.1. The van der Waals surface area contributed by atoms with Gasteiger partial charge in [-0.15, -0.1) is 0 Å². The number of carbonyl (C=O) groups excluding carboxylic acids is 1. The van der Waals surface area contributed by atoms with Crippen molar-refractivity contribution >= 4 is 11.6 Å².